The van der Waals surface area contributed by atoms with Gasteiger partial charge in [0.05, 0.1) is 6.42 Å². The van der Waals surface area contributed by atoms with Gasteiger partial charge in [0, 0.05) is 18.3 Å². The average Bonchev–Trinajstić information content (AvgIpc) is 2.99. The van der Waals surface area contributed by atoms with E-state index in [-0.39, 0.29) is 18.9 Å². The first-order valence-electron chi connectivity index (χ1n) is 6.87. The van der Waals surface area contributed by atoms with E-state index in [1.807, 2.05) is 16.8 Å². The highest BCUT2D eigenvalue weighted by Crippen LogP contribution is 2.13. The summed E-state index contributed by atoms with van der Waals surface area (Å²) in [5.41, 5.74) is 2.06. The van der Waals surface area contributed by atoms with Crippen molar-refractivity contribution in [1.82, 2.24) is 0 Å². The number of thiophene rings is 1. The number of carbonyl (C=O) groups excluding carboxylic acids is 3. The molecule has 0 saturated heterocycles. The normalized spacial score (nSPS) is 9.96. The first-order valence-corrected chi connectivity index (χ1v) is 7.81. The Labute approximate surface area is 137 Å². The zero-order valence-electron chi connectivity index (χ0n) is 12.5. The number of carbonyl (C=O) groups is 3. The van der Waals surface area contributed by atoms with Gasteiger partial charge in [0.1, 0.15) is 0 Å². The molecule has 1 aromatic carbocycles. The lowest BCUT2D eigenvalue weighted by atomic mass is 10.2. The summed E-state index contributed by atoms with van der Waals surface area (Å²) in [6, 6.07) is 8.47. The minimum absolute atomic E-state index is 0.155. The van der Waals surface area contributed by atoms with Crippen LogP contribution in [-0.2, 0) is 25.5 Å². The topological polar surface area (TPSA) is 84.5 Å². The van der Waals surface area contributed by atoms with Crippen molar-refractivity contribution in [2.45, 2.75) is 13.3 Å². The zero-order valence-corrected chi connectivity index (χ0v) is 13.3. The molecule has 120 valence electrons. The third-order valence-electron chi connectivity index (χ3n) is 2.78. The molecular formula is C16H16N2O4S. The molecule has 6 nitrogen and oxygen atoms in total. The van der Waals surface area contributed by atoms with Crippen molar-refractivity contribution in [3.63, 3.8) is 0 Å². The van der Waals surface area contributed by atoms with Crippen LogP contribution in [-0.4, -0.2) is 24.4 Å². The summed E-state index contributed by atoms with van der Waals surface area (Å²) >= 11 is 1.50. The van der Waals surface area contributed by atoms with Crippen LogP contribution in [0.15, 0.2) is 41.1 Å². The molecule has 0 unspecified atom stereocenters. The van der Waals surface area contributed by atoms with Crippen LogP contribution in [0.1, 0.15) is 12.5 Å². The number of esters is 1. The number of amides is 2. The van der Waals surface area contributed by atoms with Gasteiger partial charge in [-0.3, -0.25) is 14.4 Å². The molecule has 7 heteroatoms. The van der Waals surface area contributed by atoms with Gasteiger partial charge in [-0.2, -0.15) is 11.3 Å². The van der Waals surface area contributed by atoms with E-state index in [0.29, 0.717) is 11.4 Å². The maximum Gasteiger partial charge on any atom is 0.310 e. The molecule has 0 spiro atoms. The highest BCUT2D eigenvalue weighted by Gasteiger charge is 2.09. The Kier molecular flexibility index (Phi) is 5.87. The summed E-state index contributed by atoms with van der Waals surface area (Å²) < 4.78 is 4.92. The van der Waals surface area contributed by atoms with Crippen molar-refractivity contribution >= 4 is 40.5 Å². The minimum Gasteiger partial charge on any atom is -0.455 e. The van der Waals surface area contributed by atoms with Crippen molar-refractivity contribution in [2.75, 3.05) is 17.2 Å². The lowest BCUT2D eigenvalue weighted by molar-refractivity contribution is -0.146. The molecule has 0 aliphatic rings. The summed E-state index contributed by atoms with van der Waals surface area (Å²) in [4.78, 5) is 34.2. The van der Waals surface area contributed by atoms with Gasteiger partial charge in [-0.15, -0.1) is 0 Å². The smallest absolute Gasteiger partial charge is 0.310 e. The van der Waals surface area contributed by atoms with Crippen LogP contribution >= 0.6 is 11.3 Å². The summed E-state index contributed by atoms with van der Waals surface area (Å²) in [5, 5.41) is 8.97. The highest BCUT2D eigenvalue weighted by atomic mass is 32.1. The fourth-order valence-corrected chi connectivity index (χ4v) is 2.46. The van der Waals surface area contributed by atoms with E-state index in [1.54, 1.807) is 24.3 Å². The van der Waals surface area contributed by atoms with Gasteiger partial charge in [-0.25, -0.2) is 0 Å². The maximum absolute atomic E-state index is 11.7. The Morgan fingerprint density at radius 3 is 2.26 bits per heavy atom. The molecule has 0 saturated carbocycles. The highest BCUT2D eigenvalue weighted by molar-refractivity contribution is 7.07. The van der Waals surface area contributed by atoms with Crippen molar-refractivity contribution in [2.24, 2.45) is 0 Å². The molecule has 0 aliphatic heterocycles. The van der Waals surface area contributed by atoms with Crippen LogP contribution in [0.2, 0.25) is 0 Å². The molecule has 2 N–H and O–H groups in total. The molecule has 2 amide bonds. The summed E-state index contributed by atoms with van der Waals surface area (Å²) in [6.07, 6.45) is 0.155. The lowest BCUT2D eigenvalue weighted by Crippen LogP contribution is -2.21. The summed E-state index contributed by atoms with van der Waals surface area (Å²) in [7, 11) is 0. The van der Waals surface area contributed by atoms with Crippen LogP contribution < -0.4 is 10.6 Å². The zero-order chi connectivity index (χ0) is 16.7. The van der Waals surface area contributed by atoms with E-state index < -0.39 is 11.9 Å². The van der Waals surface area contributed by atoms with Crippen LogP contribution in [0, 0.1) is 0 Å². The van der Waals surface area contributed by atoms with Gasteiger partial charge in [-0.1, -0.05) is 0 Å². The van der Waals surface area contributed by atoms with Crippen LogP contribution in [0.3, 0.4) is 0 Å². The van der Waals surface area contributed by atoms with Crippen LogP contribution in [0.4, 0.5) is 11.4 Å². The Hall–Kier alpha value is -2.67. The molecule has 0 atom stereocenters. The van der Waals surface area contributed by atoms with Crippen LogP contribution in [0.25, 0.3) is 0 Å². The summed E-state index contributed by atoms with van der Waals surface area (Å²) in [6.45, 7) is 1.08. The van der Waals surface area contributed by atoms with Crippen molar-refractivity contribution in [3.05, 3.63) is 46.7 Å². The molecule has 1 aromatic heterocycles. The SMILES string of the molecule is CC(=O)Nc1ccc(NC(=O)COC(=O)Cc2ccsc2)cc1. The second-order valence-electron chi connectivity index (χ2n) is 4.78. The number of benzene rings is 1. The van der Waals surface area contributed by atoms with Gasteiger partial charge >= 0.3 is 5.97 Å². The molecule has 1 heterocycles. The third-order valence-corrected chi connectivity index (χ3v) is 3.51. The Bertz CT molecular complexity index is 681. The number of ether oxygens (including phenoxy) is 1. The van der Waals surface area contributed by atoms with Crippen molar-refractivity contribution in [3.8, 4) is 0 Å². The van der Waals surface area contributed by atoms with E-state index in [4.69, 9.17) is 4.74 Å². The lowest BCUT2D eigenvalue weighted by Gasteiger charge is -2.07. The monoisotopic (exact) mass is 332 g/mol. The van der Waals surface area contributed by atoms with Crippen LogP contribution in [0.5, 0.6) is 0 Å². The van der Waals surface area contributed by atoms with E-state index in [1.165, 1.54) is 18.3 Å². The van der Waals surface area contributed by atoms with Gasteiger partial charge in [-0.05, 0) is 46.7 Å². The molecule has 2 aromatic rings. The number of nitrogens with one attached hydrogen (secondary N) is 2. The molecular weight excluding hydrogens is 316 g/mol. The first-order chi connectivity index (χ1) is 11.0. The minimum atomic E-state index is -0.445. The fourth-order valence-electron chi connectivity index (χ4n) is 1.79. The second-order valence-corrected chi connectivity index (χ2v) is 5.56. The van der Waals surface area contributed by atoms with Crippen molar-refractivity contribution < 1.29 is 19.1 Å². The third kappa shape index (κ3) is 5.91. The Morgan fingerprint density at radius 1 is 1.04 bits per heavy atom. The molecule has 0 bridgehead atoms. The first kappa shape index (κ1) is 16.7. The predicted molar refractivity (Wildman–Crippen MR) is 88.4 cm³/mol. The van der Waals surface area contributed by atoms with E-state index in [2.05, 4.69) is 10.6 Å². The number of hydrogen-bond donors (Lipinski definition) is 2. The second kappa shape index (κ2) is 8.09. The molecule has 0 radical (unpaired) electrons. The summed E-state index contributed by atoms with van der Waals surface area (Å²) in [5.74, 6) is -1.03. The standard InChI is InChI=1S/C16H16N2O4S/c1-11(19)17-13-2-4-14(5-3-13)18-15(20)9-22-16(21)8-12-6-7-23-10-12/h2-7,10H,8-9H2,1H3,(H,17,19)(H,18,20). The van der Waals surface area contributed by atoms with Crippen molar-refractivity contribution in [1.29, 1.82) is 0 Å². The molecule has 23 heavy (non-hydrogen) atoms. The van der Waals surface area contributed by atoms with Gasteiger partial charge in [0.15, 0.2) is 6.61 Å². The van der Waals surface area contributed by atoms with E-state index >= 15 is 0 Å². The quantitative estimate of drug-likeness (QED) is 0.796. The number of hydrogen-bond acceptors (Lipinski definition) is 5. The predicted octanol–water partition coefficient (Wildman–Crippen LogP) is 2.43. The average molecular weight is 332 g/mol. The van der Waals surface area contributed by atoms with Gasteiger partial charge < -0.3 is 15.4 Å². The van der Waals surface area contributed by atoms with Gasteiger partial charge in [0.25, 0.3) is 5.91 Å². The Balaban J connectivity index is 1.75. The molecule has 0 aliphatic carbocycles. The number of anilines is 2. The van der Waals surface area contributed by atoms with E-state index in [9.17, 15) is 14.4 Å². The maximum atomic E-state index is 11.7. The largest absolute Gasteiger partial charge is 0.455 e. The fraction of sp³-hybridized carbons (Fsp3) is 0.188. The van der Waals surface area contributed by atoms with E-state index in [0.717, 1.165) is 5.56 Å². The molecule has 2 rings (SSSR count). The number of rotatable bonds is 6. The Morgan fingerprint density at radius 2 is 1.70 bits per heavy atom. The molecule has 0 fully saturated rings. The van der Waals surface area contributed by atoms with Gasteiger partial charge in [0.2, 0.25) is 5.91 Å².